The van der Waals surface area contributed by atoms with Crippen LogP contribution in [0.3, 0.4) is 0 Å². The Hall–Kier alpha value is -2.68. The van der Waals surface area contributed by atoms with E-state index in [4.69, 9.17) is 32.9 Å². The number of nitro groups is 1. The number of nitrogens with zero attached hydrogens (tertiary/aromatic N) is 5. The van der Waals surface area contributed by atoms with Crippen LogP contribution in [0.25, 0.3) is 11.3 Å². The number of imidazole rings is 1. The second-order valence-electron chi connectivity index (χ2n) is 8.24. The van der Waals surface area contributed by atoms with E-state index in [1.54, 1.807) is 10.6 Å². The minimum absolute atomic E-state index is 0.188. The third kappa shape index (κ3) is 3.98. The molecule has 4 heterocycles. The molecule has 0 spiro atoms. The molecule has 5 rings (SSSR count). The maximum absolute atomic E-state index is 10.9. The van der Waals surface area contributed by atoms with Crippen LogP contribution in [0, 0.1) is 10.1 Å². The molecule has 31 heavy (non-hydrogen) atoms. The van der Waals surface area contributed by atoms with Crippen LogP contribution in [0.2, 0.25) is 10.0 Å². The number of fused-ring (bicyclic) bond motifs is 2. The van der Waals surface area contributed by atoms with Gasteiger partial charge in [0.15, 0.2) is 0 Å². The van der Waals surface area contributed by atoms with E-state index in [2.05, 4.69) is 16.0 Å². The van der Waals surface area contributed by atoms with Crippen molar-refractivity contribution in [1.82, 2.24) is 19.4 Å². The van der Waals surface area contributed by atoms with Crippen molar-refractivity contribution in [3.63, 3.8) is 0 Å². The molecule has 1 aromatic carbocycles. The predicted molar refractivity (Wildman–Crippen MR) is 117 cm³/mol. The summed E-state index contributed by atoms with van der Waals surface area (Å²) in [7, 11) is 0. The van der Waals surface area contributed by atoms with Crippen LogP contribution < -0.4 is 4.74 Å². The molecule has 0 amide bonds. The van der Waals surface area contributed by atoms with E-state index in [9.17, 15) is 10.1 Å². The summed E-state index contributed by atoms with van der Waals surface area (Å²) < 4.78 is 7.69. The fourth-order valence-electron chi connectivity index (χ4n) is 4.31. The monoisotopic (exact) mass is 459 g/mol. The van der Waals surface area contributed by atoms with Crippen molar-refractivity contribution in [3.05, 3.63) is 67.9 Å². The van der Waals surface area contributed by atoms with Gasteiger partial charge in [0, 0.05) is 52.3 Å². The van der Waals surface area contributed by atoms with E-state index in [-0.39, 0.29) is 5.82 Å². The van der Waals surface area contributed by atoms with Crippen LogP contribution in [0.1, 0.15) is 18.2 Å². The average Bonchev–Trinajstić information content (AvgIpc) is 3.22. The Morgan fingerprint density at radius 3 is 2.71 bits per heavy atom. The van der Waals surface area contributed by atoms with Gasteiger partial charge in [0.1, 0.15) is 11.8 Å². The molecule has 0 N–H and O–H groups in total. The van der Waals surface area contributed by atoms with Crippen molar-refractivity contribution in [2.24, 2.45) is 0 Å². The highest BCUT2D eigenvalue weighted by Gasteiger charge is 2.41. The summed E-state index contributed by atoms with van der Waals surface area (Å²) in [6, 6.07) is 9.83. The van der Waals surface area contributed by atoms with Gasteiger partial charge in [0.25, 0.3) is 0 Å². The maximum atomic E-state index is 10.9. The van der Waals surface area contributed by atoms with Crippen molar-refractivity contribution >= 4 is 29.0 Å². The number of hydrogen-bond donors (Lipinski definition) is 0. The second kappa shape index (κ2) is 7.47. The first kappa shape index (κ1) is 20.2. The molecule has 0 radical (unpaired) electrons. The molecule has 0 aliphatic carbocycles. The number of pyridine rings is 1. The molecule has 10 heteroatoms. The Kier molecular flexibility index (Phi) is 4.88. The Labute approximate surface area is 188 Å². The summed E-state index contributed by atoms with van der Waals surface area (Å²) >= 11 is 12.3. The molecule has 8 nitrogen and oxygen atoms in total. The zero-order chi connectivity index (χ0) is 21.8. The summed E-state index contributed by atoms with van der Waals surface area (Å²) in [6.07, 6.45) is 2.25. The fourth-order valence-corrected chi connectivity index (χ4v) is 4.83. The summed E-state index contributed by atoms with van der Waals surface area (Å²) in [6.45, 7) is 4.84. The first-order chi connectivity index (χ1) is 14.8. The molecule has 160 valence electrons. The Bertz CT molecular complexity index is 1150. The zero-order valence-corrected chi connectivity index (χ0v) is 18.2. The first-order valence-corrected chi connectivity index (χ1v) is 10.6. The fraction of sp³-hybridized carbons (Fsp3) is 0.333. The van der Waals surface area contributed by atoms with Crippen LogP contribution in [-0.2, 0) is 19.5 Å². The van der Waals surface area contributed by atoms with Gasteiger partial charge >= 0.3 is 11.8 Å². The summed E-state index contributed by atoms with van der Waals surface area (Å²) in [5.74, 6) is -0.188. The van der Waals surface area contributed by atoms with Crippen LogP contribution >= 0.6 is 23.2 Å². The molecular weight excluding hydrogens is 441 g/mol. The topological polar surface area (TPSA) is 86.3 Å². The van der Waals surface area contributed by atoms with E-state index in [1.807, 2.05) is 25.1 Å². The van der Waals surface area contributed by atoms with E-state index < -0.39 is 10.5 Å². The van der Waals surface area contributed by atoms with Crippen LogP contribution in [0.5, 0.6) is 6.01 Å². The summed E-state index contributed by atoms with van der Waals surface area (Å²) in [4.78, 5) is 21.5. The summed E-state index contributed by atoms with van der Waals surface area (Å²) in [5.41, 5.74) is 3.52. The number of halogens is 2. The highest BCUT2D eigenvalue weighted by molar-refractivity contribution is 6.35. The molecule has 3 aromatic rings. The molecule has 0 fully saturated rings. The van der Waals surface area contributed by atoms with Crippen molar-refractivity contribution in [3.8, 4) is 17.3 Å². The highest BCUT2D eigenvalue weighted by atomic mass is 35.5. The molecule has 1 atom stereocenters. The van der Waals surface area contributed by atoms with E-state index in [0.717, 1.165) is 36.5 Å². The highest BCUT2D eigenvalue weighted by Crippen LogP contribution is 2.33. The van der Waals surface area contributed by atoms with Gasteiger partial charge < -0.3 is 14.9 Å². The van der Waals surface area contributed by atoms with Crippen LogP contribution in [-0.4, -0.2) is 43.0 Å². The maximum Gasteiger partial charge on any atom is 0.415 e. The van der Waals surface area contributed by atoms with Gasteiger partial charge in [-0.25, -0.2) is 0 Å². The third-order valence-corrected chi connectivity index (χ3v) is 6.04. The lowest BCUT2D eigenvalue weighted by atomic mass is 10.0. The lowest BCUT2D eigenvalue weighted by molar-refractivity contribution is -0.389. The molecule has 2 aliphatic rings. The second-order valence-corrected chi connectivity index (χ2v) is 9.11. The molecule has 1 unspecified atom stereocenters. The normalized spacial score (nSPS) is 20.2. The Morgan fingerprint density at radius 1 is 1.23 bits per heavy atom. The molecule has 2 aromatic heterocycles. The van der Waals surface area contributed by atoms with Crippen molar-refractivity contribution in [2.75, 3.05) is 13.1 Å². The quantitative estimate of drug-likeness (QED) is 0.425. The SMILES string of the molecule is CC1(CN2CCc3nc(-c4cc(Cl)cc(Cl)c4)ccc3C2)Cn2cc([N+](=O)[O-])nc2O1. The smallest absolute Gasteiger partial charge is 0.415 e. The van der Waals surface area contributed by atoms with Crippen LogP contribution in [0.15, 0.2) is 36.5 Å². The molecule has 0 saturated carbocycles. The van der Waals surface area contributed by atoms with Crippen molar-refractivity contribution < 1.29 is 9.66 Å². The number of benzene rings is 1. The molecule has 2 aliphatic heterocycles. The van der Waals surface area contributed by atoms with Gasteiger partial charge in [0.2, 0.25) is 0 Å². The molecule has 0 bridgehead atoms. The largest absolute Gasteiger partial charge is 0.436 e. The standard InChI is InChI=1S/C21H19Cl2N5O3/c1-21(12-27-10-19(28(29)30)25-20(27)31-21)11-26-5-4-18-13(9-26)2-3-17(24-18)14-6-15(22)8-16(23)7-14/h2-3,6-8,10H,4-5,9,11-12H2,1H3. The first-order valence-electron chi connectivity index (χ1n) is 9.86. The third-order valence-electron chi connectivity index (χ3n) is 5.60. The summed E-state index contributed by atoms with van der Waals surface area (Å²) in [5, 5.41) is 12.1. The minimum atomic E-state index is -0.508. The molecular formula is C21H19Cl2N5O3. The average molecular weight is 460 g/mol. The van der Waals surface area contributed by atoms with Crippen molar-refractivity contribution in [2.45, 2.75) is 32.0 Å². The number of hydrogen-bond acceptors (Lipinski definition) is 6. The van der Waals surface area contributed by atoms with Gasteiger partial charge in [-0.3, -0.25) is 14.5 Å². The van der Waals surface area contributed by atoms with Crippen LogP contribution in [0.4, 0.5) is 5.82 Å². The molecule has 0 saturated heterocycles. The lowest BCUT2D eigenvalue weighted by Crippen LogP contribution is -2.46. The number of rotatable bonds is 4. The predicted octanol–water partition coefficient (Wildman–Crippen LogP) is 4.37. The Balaban J connectivity index is 1.29. The number of aromatic nitrogens is 3. The van der Waals surface area contributed by atoms with Gasteiger partial charge in [-0.2, -0.15) is 0 Å². The van der Waals surface area contributed by atoms with E-state index in [0.29, 0.717) is 29.1 Å². The van der Waals surface area contributed by atoms with E-state index in [1.165, 1.54) is 11.8 Å². The Morgan fingerprint density at radius 2 is 2.00 bits per heavy atom. The van der Waals surface area contributed by atoms with Gasteiger partial charge in [-0.1, -0.05) is 29.3 Å². The number of ether oxygens (including phenoxy) is 1. The van der Waals surface area contributed by atoms with E-state index >= 15 is 0 Å². The van der Waals surface area contributed by atoms with Gasteiger partial charge in [0.05, 0.1) is 12.2 Å². The van der Waals surface area contributed by atoms with Gasteiger partial charge in [-0.05, 0) is 41.7 Å². The van der Waals surface area contributed by atoms with Crippen molar-refractivity contribution in [1.29, 1.82) is 0 Å². The minimum Gasteiger partial charge on any atom is -0.436 e. The zero-order valence-electron chi connectivity index (χ0n) is 16.7. The lowest BCUT2D eigenvalue weighted by Gasteiger charge is -2.34. The van der Waals surface area contributed by atoms with Gasteiger partial charge in [-0.15, -0.1) is 0 Å².